The van der Waals surface area contributed by atoms with E-state index in [4.69, 9.17) is 4.74 Å². The lowest BCUT2D eigenvalue weighted by atomic mass is 10.0. The van der Waals surface area contributed by atoms with Gasteiger partial charge in [0.25, 0.3) is 5.91 Å². The third kappa shape index (κ3) is 4.60. The molecule has 0 saturated carbocycles. The smallest absolute Gasteiger partial charge is 0.391 e. The van der Waals surface area contributed by atoms with Crippen LogP contribution in [0.5, 0.6) is 5.75 Å². The number of hydrogen-bond donors (Lipinski definition) is 1. The van der Waals surface area contributed by atoms with Crippen molar-refractivity contribution in [3.05, 3.63) is 53.3 Å². The van der Waals surface area contributed by atoms with Crippen LogP contribution in [-0.2, 0) is 13.1 Å². The molecular formula is C23H25F3N6O2. The second-order valence-corrected chi connectivity index (χ2v) is 8.06. The third-order valence-electron chi connectivity index (χ3n) is 5.86. The van der Waals surface area contributed by atoms with Crippen molar-refractivity contribution in [2.75, 3.05) is 19.1 Å². The van der Waals surface area contributed by atoms with Crippen LogP contribution in [0.3, 0.4) is 0 Å². The fourth-order valence-corrected chi connectivity index (χ4v) is 4.20. The molecule has 1 aliphatic rings. The van der Waals surface area contributed by atoms with Crippen molar-refractivity contribution < 1.29 is 22.7 Å². The molecule has 1 unspecified atom stereocenters. The summed E-state index contributed by atoms with van der Waals surface area (Å²) in [5.74, 6) is 0.969. The summed E-state index contributed by atoms with van der Waals surface area (Å²) in [5, 5.41) is 11.0. The van der Waals surface area contributed by atoms with Gasteiger partial charge >= 0.3 is 6.18 Å². The van der Waals surface area contributed by atoms with Crippen molar-refractivity contribution >= 4 is 11.7 Å². The minimum atomic E-state index is -4.32. The lowest BCUT2D eigenvalue weighted by Crippen LogP contribution is -2.24. The van der Waals surface area contributed by atoms with Crippen molar-refractivity contribution in [1.29, 1.82) is 0 Å². The van der Waals surface area contributed by atoms with Gasteiger partial charge in [-0.2, -0.15) is 13.2 Å². The fourth-order valence-electron chi connectivity index (χ4n) is 4.20. The fraction of sp³-hybridized carbons (Fsp3) is 0.391. The number of methoxy groups -OCH3 is 1. The third-order valence-corrected chi connectivity index (χ3v) is 5.86. The molecule has 2 aromatic heterocycles. The zero-order chi connectivity index (χ0) is 24.5. The number of carbonyl (C=O) groups excluding carboxylic acids is 1. The second-order valence-electron chi connectivity index (χ2n) is 8.06. The van der Waals surface area contributed by atoms with Crippen LogP contribution < -0.4 is 15.0 Å². The highest BCUT2D eigenvalue weighted by Crippen LogP contribution is 2.35. The van der Waals surface area contributed by atoms with E-state index < -0.39 is 18.6 Å². The Balaban J connectivity index is 1.68. The Morgan fingerprint density at radius 1 is 1.26 bits per heavy atom. The zero-order valence-corrected chi connectivity index (χ0v) is 19.1. The first-order valence-corrected chi connectivity index (χ1v) is 10.9. The monoisotopic (exact) mass is 474 g/mol. The second kappa shape index (κ2) is 9.41. The molecule has 0 aliphatic carbocycles. The van der Waals surface area contributed by atoms with Gasteiger partial charge in [-0.05, 0) is 48.9 Å². The molecule has 0 fully saturated rings. The van der Waals surface area contributed by atoms with E-state index in [9.17, 15) is 18.0 Å². The first-order chi connectivity index (χ1) is 16.3. The number of pyridine rings is 1. The number of carbonyl (C=O) groups is 1. The van der Waals surface area contributed by atoms with Gasteiger partial charge in [-0.3, -0.25) is 9.69 Å². The van der Waals surface area contributed by atoms with Crippen LogP contribution in [0.15, 0.2) is 36.7 Å². The molecule has 3 heterocycles. The minimum Gasteiger partial charge on any atom is -0.497 e. The molecule has 1 atom stereocenters. The van der Waals surface area contributed by atoms with Gasteiger partial charge in [-0.25, -0.2) is 4.98 Å². The van der Waals surface area contributed by atoms with Crippen molar-refractivity contribution in [3.8, 4) is 17.3 Å². The summed E-state index contributed by atoms with van der Waals surface area (Å²) < 4.78 is 46.0. The lowest BCUT2D eigenvalue weighted by Gasteiger charge is -2.20. The van der Waals surface area contributed by atoms with E-state index >= 15 is 0 Å². The molecule has 0 bridgehead atoms. The number of aromatic nitrogens is 4. The number of anilines is 1. The summed E-state index contributed by atoms with van der Waals surface area (Å²) in [6, 6.07) is 7.78. The molecule has 1 aromatic carbocycles. The topological polar surface area (TPSA) is 85.2 Å². The maximum atomic E-state index is 13.2. The summed E-state index contributed by atoms with van der Waals surface area (Å²) >= 11 is 0. The molecule has 1 N–H and O–H groups in total. The summed E-state index contributed by atoms with van der Waals surface area (Å²) in [5.41, 5.74) is 2.71. The van der Waals surface area contributed by atoms with Gasteiger partial charge in [-0.1, -0.05) is 13.0 Å². The first kappa shape index (κ1) is 23.7. The highest BCUT2D eigenvalue weighted by Gasteiger charge is 2.34. The van der Waals surface area contributed by atoms with E-state index in [0.29, 0.717) is 35.9 Å². The Morgan fingerprint density at radius 2 is 2.06 bits per heavy atom. The summed E-state index contributed by atoms with van der Waals surface area (Å²) in [6.45, 7) is 2.57. The number of nitrogens with zero attached hydrogens (tertiary/aromatic N) is 5. The Hall–Kier alpha value is -3.47. The summed E-state index contributed by atoms with van der Waals surface area (Å²) in [4.78, 5) is 19.4. The number of benzene rings is 1. The molecule has 11 heteroatoms. The number of hydrogen-bond acceptors (Lipinski definition) is 6. The first-order valence-electron chi connectivity index (χ1n) is 10.9. The van der Waals surface area contributed by atoms with Gasteiger partial charge in [0.1, 0.15) is 23.6 Å². The van der Waals surface area contributed by atoms with Crippen molar-refractivity contribution in [2.24, 2.45) is 0 Å². The SMILES string of the molecule is CCC(CC(F)(F)F)n1cnnc1-c1cccc(N2Cc3c(CNC)cc(OC)cc3C2=O)n1. The Bertz CT molecular complexity index is 1190. The van der Waals surface area contributed by atoms with E-state index in [1.807, 2.05) is 13.1 Å². The highest BCUT2D eigenvalue weighted by molar-refractivity contribution is 6.10. The Labute approximate surface area is 194 Å². The van der Waals surface area contributed by atoms with Crippen LogP contribution in [0.4, 0.5) is 19.0 Å². The zero-order valence-electron chi connectivity index (χ0n) is 19.1. The molecule has 0 saturated heterocycles. The molecule has 1 amide bonds. The van der Waals surface area contributed by atoms with Gasteiger partial charge < -0.3 is 14.6 Å². The lowest BCUT2D eigenvalue weighted by molar-refractivity contribution is -0.143. The van der Waals surface area contributed by atoms with E-state index in [1.54, 1.807) is 43.2 Å². The maximum Gasteiger partial charge on any atom is 0.391 e. The van der Waals surface area contributed by atoms with Crippen LogP contribution >= 0.6 is 0 Å². The number of nitrogens with one attached hydrogen (secondary N) is 1. The van der Waals surface area contributed by atoms with Gasteiger partial charge in [0.15, 0.2) is 5.82 Å². The molecule has 0 radical (unpaired) electrons. The average Bonchev–Trinajstić information content (AvgIpc) is 3.42. The number of fused-ring (bicyclic) bond motifs is 1. The van der Waals surface area contributed by atoms with E-state index in [-0.39, 0.29) is 18.2 Å². The number of rotatable bonds is 8. The minimum absolute atomic E-state index is 0.221. The number of amides is 1. The molecule has 0 spiro atoms. The number of halogens is 3. The van der Waals surface area contributed by atoms with Crippen molar-refractivity contribution in [3.63, 3.8) is 0 Å². The molecule has 34 heavy (non-hydrogen) atoms. The predicted molar refractivity (Wildman–Crippen MR) is 120 cm³/mol. The maximum absolute atomic E-state index is 13.2. The van der Waals surface area contributed by atoms with E-state index in [1.165, 1.54) is 10.9 Å². The van der Waals surface area contributed by atoms with Gasteiger partial charge in [0.05, 0.1) is 20.1 Å². The van der Waals surface area contributed by atoms with Crippen LogP contribution in [0.25, 0.3) is 11.5 Å². The van der Waals surface area contributed by atoms with Gasteiger partial charge in [0.2, 0.25) is 0 Å². The average molecular weight is 474 g/mol. The molecule has 4 rings (SSSR count). The Morgan fingerprint density at radius 3 is 2.74 bits per heavy atom. The molecule has 8 nitrogen and oxygen atoms in total. The van der Waals surface area contributed by atoms with Gasteiger partial charge in [-0.15, -0.1) is 10.2 Å². The molecule has 3 aromatic rings. The Kier molecular flexibility index (Phi) is 6.56. The summed E-state index contributed by atoms with van der Waals surface area (Å²) in [6.07, 6.45) is -3.78. The van der Waals surface area contributed by atoms with Crippen molar-refractivity contribution in [2.45, 2.75) is 45.1 Å². The van der Waals surface area contributed by atoms with Crippen LogP contribution in [-0.4, -0.2) is 46.0 Å². The quantitative estimate of drug-likeness (QED) is 0.529. The van der Waals surface area contributed by atoms with Crippen molar-refractivity contribution in [1.82, 2.24) is 25.1 Å². The number of alkyl halides is 3. The largest absolute Gasteiger partial charge is 0.497 e. The number of ether oxygens (including phenoxy) is 1. The molecule has 1 aliphatic heterocycles. The van der Waals surface area contributed by atoms with Crippen LogP contribution in [0, 0.1) is 0 Å². The standard InChI is InChI=1S/C23H25F3N6O2/c1-4-15(10-23(24,25)26)32-13-28-30-21(32)19-6-5-7-20(29-19)31-12-18-14(11-27-2)8-16(34-3)9-17(18)22(31)33/h5-9,13,15,27H,4,10-12H2,1-3H3. The highest BCUT2D eigenvalue weighted by atomic mass is 19.4. The van der Waals surface area contributed by atoms with Crippen LogP contribution in [0.2, 0.25) is 0 Å². The van der Waals surface area contributed by atoms with Crippen LogP contribution in [0.1, 0.15) is 47.3 Å². The van der Waals surface area contributed by atoms with E-state index in [0.717, 1.165) is 11.1 Å². The van der Waals surface area contributed by atoms with E-state index in [2.05, 4.69) is 20.5 Å². The molecular weight excluding hydrogens is 449 g/mol. The normalized spacial score (nSPS) is 14.4. The predicted octanol–water partition coefficient (Wildman–Crippen LogP) is 4.13. The summed E-state index contributed by atoms with van der Waals surface area (Å²) in [7, 11) is 3.37. The molecule has 180 valence electrons. The van der Waals surface area contributed by atoms with Gasteiger partial charge in [0, 0.05) is 18.2 Å².